The van der Waals surface area contributed by atoms with E-state index in [2.05, 4.69) is 0 Å². The van der Waals surface area contributed by atoms with Crippen molar-refractivity contribution in [2.45, 2.75) is 24.3 Å². The Morgan fingerprint density at radius 1 is 0.677 bits per heavy atom. The van der Waals surface area contributed by atoms with Gasteiger partial charge >= 0.3 is 16.8 Å². The summed E-state index contributed by atoms with van der Waals surface area (Å²) in [5.74, 6) is 0. The van der Waals surface area contributed by atoms with E-state index >= 15 is 0 Å². The number of aliphatic hydroxyl groups is 2. The van der Waals surface area contributed by atoms with Gasteiger partial charge in [-0.05, 0) is 0 Å². The molecule has 2 aromatic carbocycles. The summed E-state index contributed by atoms with van der Waals surface area (Å²) in [6.07, 6.45) is -2.06. The van der Waals surface area contributed by atoms with E-state index in [4.69, 9.17) is 33.1 Å². The molecular weight excluding hydrogens is 562 g/mol. The van der Waals surface area contributed by atoms with Crippen molar-refractivity contribution in [3.05, 3.63) is 71.8 Å². The molecule has 0 spiro atoms. The number of hydrogen-bond acceptors (Lipinski definition) is 8. The Labute approximate surface area is 211 Å². The summed E-state index contributed by atoms with van der Waals surface area (Å²) in [6, 6.07) is 16.2. The van der Waals surface area contributed by atoms with Gasteiger partial charge in [0.15, 0.2) is 0 Å². The SMILES string of the molecule is NCCN.N[C@@H](CO)[C@@H]([O-])c1ccccc1.N[C@@H](CO)[C@@H]([O-])c1ccccc1.O.[Co+3].[I-]. The smallest absolute Gasteiger partial charge is 1.00 e. The van der Waals surface area contributed by atoms with Gasteiger partial charge < -0.3 is 72.8 Å². The monoisotopic (exact) mass is 596 g/mol. The van der Waals surface area contributed by atoms with Crippen molar-refractivity contribution >= 4 is 0 Å². The van der Waals surface area contributed by atoms with E-state index in [1.165, 1.54) is 0 Å². The van der Waals surface area contributed by atoms with E-state index in [1.807, 2.05) is 12.1 Å². The third-order valence-electron chi connectivity index (χ3n) is 3.62. The van der Waals surface area contributed by atoms with Crippen molar-refractivity contribution in [1.29, 1.82) is 0 Å². The van der Waals surface area contributed by atoms with Gasteiger partial charge in [-0.25, -0.2) is 0 Å². The third-order valence-corrected chi connectivity index (χ3v) is 3.62. The predicted octanol–water partition coefficient (Wildman–Crippen LogP) is -6.10. The molecule has 2 rings (SSSR count). The molecule has 12 N–H and O–H groups in total. The van der Waals surface area contributed by atoms with Gasteiger partial charge in [0.25, 0.3) is 0 Å². The largest absolute Gasteiger partial charge is 3.00 e. The van der Waals surface area contributed by atoms with Crippen LogP contribution in [0.5, 0.6) is 0 Å². The molecule has 0 fully saturated rings. The summed E-state index contributed by atoms with van der Waals surface area (Å²) in [4.78, 5) is 0. The molecule has 0 radical (unpaired) electrons. The Hall–Kier alpha value is -0.684. The van der Waals surface area contributed by atoms with Crippen molar-refractivity contribution in [2.75, 3.05) is 26.3 Å². The maximum absolute atomic E-state index is 11.4. The van der Waals surface area contributed by atoms with Crippen molar-refractivity contribution < 1.29 is 66.7 Å². The quantitative estimate of drug-likeness (QED) is 0.168. The fourth-order valence-corrected chi connectivity index (χ4v) is 1.97. The molecule has 4 atom stereocenters. The van der Waals surface area contributed by atoms with E-state index < -0.39 is 24.3 Å². The van der Waals surface area contributed by atoms with Crippen molar-refractivity contribution in [2.24, 2.45) is 22.9 Å². The fraction of sp³-hybridized carbons (Fsp3) is 0.400. The molecule has 0 unspecified atom stereocenters. The molecule has 0 aliphatic carbocycles. The molecule has 0 aliphatic rings. The molecule has 180 valence electrons. The van der Waals surface area contributed by atoms with Gasteiger partial charge in [-0.15, -0.1) is 0 Å². The first kappa shape index (κ1) is 37.6. The summed E-state index contributed by atoms with van der Waals surface area (Å²) in [5.41, 5.74) is 21.8. The number of halogens is 1. The summed E-state index contributed by atoms with van der Waals surface area (Å²) < 4.78 is 0. The van der Waals surface area contributed by atoms with Crippen LogP contribution in [-0.4, -0.2) is 54.1 Å². The predicted molar refractivity (Wildman–Crippen MR) is 110 cm³/mol. The van der Waals surface area contributed by atoms with Gasteiger partial charge in [0, 0.05) is 25.2 Å². The van der Waals surface area contributed by atoms with Gasteiger partial charge in [0.1, 0.15) is 0 Å². The Morgan fingerprint density at radius 2 is 0.935 bits per heavy atom. The summed E-state index contributed by atoms with van der Waals surface area (Å²) in [7, 11) is 0. The van der Waals surface area contributed by atoms with E-state index in [0.29, 0.717) is 24.2 Å². The zero-order chi connectivity index (χ0) is 21.4. The fourth-order valence-electron chi connectivity index (χ4n) is 1.97. The zero-order valence-corrected chi connectivity index (χ0v) is 20.3. The van der Waals surface area contributed by atoms with Crippen LogP contribution in [0.15, 0.2) is 60.7 Å². The first-order valence-electron chi connectivity index (χ1n) is 8.97. The van der Waals surface area contributed by atoms with Crippen LogP contribution in [0.2, 0.25) is 0 Å². The van der Waals surface area contributed by atoms with Crippen LogP contribution < -0.4 is 57.1 Å². The van der Waals surface area contributed by atoms with Gasteiger partial charge in [0.2, 0.25) is 0 Å². The first-order valence-corrected chi connectivity index (χ1v) is 8.97. The molecule has 11 heteroatoms. The minimum Gasteiger partial charge on any atom is -1.00 e. The Balaban J connectivity index is -0.000000186. The third kappa shape index (κ3) is 16.6. The molecule has 0 saturated heterocycles. The minimum absolute atomic E-state index is 0. The van der Waals surface area contributed by atoms with Crippen LogP contribution in [0.1, 0.15) is 23.3 Å². The maximum atomic E-state index is 11.4. The topological polar surface area (TPSA) is 222 Å². The van der Waals surface area contributed by atoms with Gasteiger partial charge in [-0.3, -0.25) is 0 Å². The zero-order valence-electron chi connectivity index (χ0n) is 17.1. The van der Waals surface area contributed by atoms with E-state index in [1.54, 1.807) is 48.5 Å². The first-order chi connectivity index (χ1) is 13.4. The van der Waals surface area contributed by atoms with Crippen LogP contribution in [0.4, 0.5) is 0 Å². The molecule has 31 heavy (non-hydrogen) atoms. The molecule has 0 aromatic heterocycles. The molecule has 0 amide bonds. The van der Waals surface area contributed by atoms with E-state index in [0.717, 1.165) is 0 Å². The Morgan fingerprint density at radius 3 is 1.13 bits per heavy atom. The van der Waals surface area contributed by atoms with Crippen LogP contribution >= 0.6 is 0 Å². The van der Waals surface area contributed by atoms with Crippen molar-refractivity contribution in [3.8, 4) is 0 Å². The van der Waals surface area contributed by atoms with Crippen LogP contribution in [-0.2, 0) is 16.8 Å². The van der Waals surface area contributed by atoms with Crippen LogP contribution in [0.3, 0.4) is 0 Å². The molecular formula is C20H34CoIN4O5. The number of rotatable bonds is 7. The average molecular weight is 596 g/mol. The average Bonchev–Trinajstić information content (AvgIpc) is 2.78. The molecule has 0 heterocycles. The Kier molecular flexibility index (Phi) is 29.1. The number of benzene rings is 2. The van der Waals surface area contributed by atoms with Crippen molar-refractivity contribution in [3.63, 3.8) is 0 Å². The maximum Gasteiger partial charge on any atom is 3.00 e. The van der Waals surface area contributed by atoms with Gasteiger partial charge in [0.05, 0.1) is 13.2 Å². The molecule has 2 aromatic rings. The summed E-state index contributed by atoms with van der Waals surface area (Å²) >= 11 is 0. The second-order valence-corrected chi connectivity index (χ2v) is 5.93. The minimum atomic E-state index is -1.03. The molecule has 9 nitrogen and oxygen atoms in total. The second-order valence-electron chi connectivity index (χ2n) is 5.93. The van der Waals surface area contributed by atoms with Crippen LogP contribution in [0, 0.1) is 0 Å². The molecule has 0 bridgehead atoms. The van der Waals surface area contributed by atoms with E-state index in [-0.39, 0.29) is 59.4 Å². The molecule has 0 aliphatic heterocycles. The standard InChI is InChI=1S/2C9H12NO2.C2H8N2.Co.HI.H2O/c2*10-8(6-11)9(12)7-4-2-1-3-5-7;3-1-2-4;;;/h2*1-5,8-9,11H,6,10H2;1-4H2;;1H;1H2/q2*-1;;+3;;/p-1/t2*8-,9-;;;;/m00..../s1. The number of nitrogens with two attached hydrogens (primary N) is 4. The summed E-state index contributed by atoms with van der Waals surface area (Å²) in [6.45, 7) is 0.645. The van der Waals surface area contributed by atoms with Gasteiger partial charge in [-0.1, -0.05) is 84.0 Å². The van der Waals surface area contributed by atoms with Crippen LogP contribution in [0.25, 0.3) is 0 Å². The molecule has 0 saturated carbocycles. The summed E-state index contributed by atoms with van der Waals surface area (Å²) in [5, 5.41) is 40.0. The number of aliphatic hydroxyl groups excluding tert-OH is 2. The van der Waals surface area contributed by atoms with Gasteiger partial charge in [-0.2, -0.15) is 0 Å². The second kappa shape index (κ2) is 24.0. The Bertz CT molecular complexity index is 551. The van der Waals surface area contributed by atoms with E-state index in [9.17, 15) is 10.2 Å². The van der Waals surface area contributed by atoms with Crippen molar-refractivity contribution in [1.82, 2.24) is 0 Å². The number of hydrogen-bond donors (Lipinski definition) is 6. The normalized spacial score (nSPS) is 13.0.